The number of benzene rings is 3. The van der Waals surface area contributed by atoms with Crippen LogP contribution in [-0.4, -0.2) is 37.3 Å². The Morgan fingerprint density at radius 3 is 2.28 bits per heavy atom. The molecule has 1 atom stereocenters. The minimum absolute atomic E-state index is 0.0702. The molecule has 0 radical (unpaired) electrons. The van der Waals surface area contributed by atoms with Gasteiger partial charge in [0.05, 0.1) is 12.3 Å². The molecule has 39 heavy (non-hydrogen) atoms. The van der Waals surface area contributed by atoms with Gasteiger partial charge in [-0.25, -0.2) is 0 Å². The molecule has 0 bridgehead atoms. The second kappa shape index (κ2) is 13.3. The number of aliphatic carboxylic acids is 1. The minimum Gasteiger partial charge on any atom is -0.481 e. The average molecular weight is 524 g/mol. The van der Waals surface area contributed by atoms with Gasteiger partial charge in [0.1, 0.15) is 7.85 Å². The van der Waals surface area contributed by atoms with Crippen LogP contribution in [0.3, 0.4) is 0 Å². The second-order valence-electron chi connectivity index (χ2n) is 10.6. The van der Waals surface area contributed by atoms with Crippen molar-refractivity contribution in [3.05, 3.63) is 94.5 Å². The summed E-state index contributed by atoms with van der Waals surface area (Å²) >= 11 is 0. The number of nitrogens with one attached hydrogen (secondary N) is 2. The topological polar surface area (TPSA) is 95.5 Å². The van der Waals surface area contributed by atoms with Crippen molar-refractivity contribution in [1.29, 1.82) is 0 Å². The number of hydrogen-bond donors (Lipinski definition) is 3. The van der Waals surface area contributed by atoms with Crippen LogP contribution in [0.5, 0.6) is 0 Å². The number of carbonyl (C=O) groups excluding carboxylic acids is 2. The van der Waals surface area contributed by atoms with E-state index in [0.29, 0.717) is 17.9 Å². The average Bonchev–Trinajstić information content (AvgIpc) is 2.94. The molecule has 1 unspecified atom stereocenters. The maximum absolute atomic E-state index is 13.6. The minimum atomic E-state index is -0.956. The molecule has 0 heterocycles. The summed E-state index contributed by atoms with van der Waals surface area (Å²) in [5.74, 6) is -1.14. The zero-order chi connectivity index (χ0) is 27.8. The molecule has 3 aromatic rings. The van der Waals surface area contributed by atoms with Gasteiger partial charge in [-0.05, 0) is 73.1 Å². The van der Waals surface area contributed by atoms with Crippen LogP contribution in [0.1, 0.15) is 83.0 Å². The number of anilines is 1. The van der Waals surface area contributed by atoms with Crippen molar-refractivity contribution in [3.8, 4) is 0 Å². The Labute approximate surface area is 231 Å². The first-order valence-electron chi connectivity index (χ1n) is 13.9. The van der Waals surface area contributed by atoms with Crippen LogP contribution in [0.2, 0.25) is 0 Å². The Hall–Kier alpha value is -3.87. The molecule has 1 aliphatic rings. The van der Waals surface area contributed by atoms with Crippen LogP contribution in [0, 0.1) is 6.92 Å². The van der Waals surface area contributed by atoms with Crippen LogP contribution in [0.4, 0.5) is 5.69 Å². The Kier molecular flexibility index (Phi) is 9.58. The van der Waals surface area contributed by atoms with Gasteiger partial charge in [-0.1, -0.05) is 72.8 Å². The van der Waals surface area contributed by atoms with Crippen LogP contribution < -0.4 is 16.1 Å². The van der Waals surface area contributed by atoms with Gasteiger partial charge in [-0.2, -0.15) is 0 Å². The summed E-state index contributed by atoms with van der Waals surface area (Å²) in [6.45, 7) is 2.13. The molecule has 0 spiro atoms. The van der Waals surface area contributed by atoms with Crippen LogP contribution in [-0.2, 0) is 16.0 Å². The molecule has 3 aromatic carbocycles. The number of rotatable bonds is 10. The van der Waals surface area contributed by atoms with Gasteiger partial charge >= 0.3 is 5.97 Å². The largest absolute Gasteiger partial charge is 0.481 e. The molecule has 7 heteroatoms. The summed E-state index contributed by atoms with van der Waals surface area (Å²) in [6, 6.07) is 21.7. The summed E-state index contributed by atoms with van der Waals surface area (Å²) in [7, 11) is 2.03. The quantitative estimate of drug-likeness (QED) is 0.341. The number of carboxylic acid groups (broad SMARTS) is 1. The van der Waals surface area contributed by atoms with Crippen LogP contribution >= 0.6 is 0 Å². The van der Waals surface area contributed by atoms with Crippen molar-refractivity contribution >= 4 is 36.8 Å². The third-order valence-corrected chi connectivity index (χ3v) is 7.79. The summed E-state index contributed by atoms with van der Waals surface area (Å²) in [5, 5.41) is 14.5. The standard InChI is InChI=1S/C32H37BN2O4/c1-21-7-16-27(20-29(21)33)35-32(39)28(25-14-12-24(13-15-25)23-5-3-2-4-6-23)19-22-8-10-26(11-9-22)31(38)34-18-17-30(36)37/h7-16,20,23,28H,2-6,17-19,33H2,1H3,(H,34,38)(H,35,39)(H,36,37). The fourth-order valence-corrected chi connectivity index (χ4v) is 5.26. The fraction of sp³-hybridized carbons (Fsp3) is 0.344. The van der Waals surface area contributed by atoms with Crippen molar-refractivity contribution in [2.24, 2.45) is 0 Å². The highest BCUT2D eigenvalue weighted by atomic mass is 16.4. The second-order valence-corrected chi connectivity index (χ2v) is 10.6. The highest BCUT2D eigenvalue weighted by molar-refractivity contribution is 6.33. The van der Waals surface area contributed by atoms with Gasteiger partial charge in [-0.15, -0.1) is 0 Å². The van der Waals surface area contributed by atoms with E-state index in [4.69, 9.17) is 5.11 Å². The highest BCUT2D eigenvalue weighted by Gasteiger charge is 2.23. The fourth-order valence-electron chi connectivity index (χ4n) is 5.26. The Bertz CT molecular complexity index is 1300. The molecule has 1 fully saturated rings. The molecule has 0 saturated heterocycles. The summed E-state index contributed by atoms with van der Waals surface area (Å²) < 4.78 is 0. The zero-order valence-electron chi connectivity index (χ0n) is 22.8. The number of carbonyl (C=O) groups is 3. The molecule has 202 valence electrons. The Morgan fingerprint density at radius 1 is 0.949 bits per heavy atom. The van der Waals surface area contributed by atoms with E-state index in [1.165, 1.54) is 43.2 Å². The summed E-state index contributed by atoms with van der Waals surface area (Å²) in [4.78, 5) is 36.7. The lowest BCUT2D eigenvalue weighted by Gasteiger charge is -2.23. The molecule has 2 amide bonds. The van der Waals surface area contributed by atoms with E-state index >= 15 is 0 Å². The van der Waals surface area contributed by atoms with E-state index in [1.807, 2.05) is 45.1 Å². The molecule has 4 rings (SSSR count). The third kappa shape index (κ3) is 7.82. The summed E-state index contributed by atoms with van der Waals surface area (Å²) in [5.41, 5.74) is 6.79. The Morgan fingerprint density at radius 2 is 1.64 bits per heavy atom. The van der Waals surface area contributed by atoms with Gasteiger partial charge in [0.25, 0.3) is 5.91 Å². The summed E-state index contributed by atoms with van der Waals surface area (Å²) in [6.07, 6.45) is 6.69. The van der Waals surface area contributed by atoms with E-state index in [2.05, 4.69) is 34.9 Å². The Balaban J connectivity index is 1.52. The van der Waals surface area contributed by atoms with E-state index < -0.39 is 11.9 Å². The first-order chi connectivity index (χ1) is 18.8. The van der Waals surface area contributed by atoms with Gasteiger partial charge < -0.3 is 15.7 Å². The first-order valence-corrected chi connectivity index (χ1v) is 13.9. The first kappa shape index (κ1) is 28.2. The predicted molar refractivity (Wildman–Crippen MR) is 158 cm³/mol. The van der Waals surface area contributed by atoms with Crippen molar-refractivity contribution in [3.63, 3.8) is 0 Å². The zero-order valence-corrected chi connectivity index (χ0v) is 22.8. The monoisotopic (exact) mass is 524 g/mol. The molecule has 1 aliphatic carbocycles. The lowest BCUT2D eigenvalue weighted by atomic mass is 9.83. The normalized spacial score (nSPS) is 14.4. The van der Waals surface area contributed by atoms with E-state index in [0.717, 1.165) is 22.3 Å². The number of amides is 2. The number of hydrogen-bond acceptors (Lipinski definition) is 3. The van der Waals surface area contributed by atoms with Gasteiger partial charge in [0.2, 0.25) is 5.91 Å². The van der Waals surface area contributed by atoms with E-state index in [1.54, 1.807) is 12.1 Å². The van der Waals surface area contributed by atoms with Crippen molar-refractivity contribution in [2.75, 3.05) is 11.9 Å². The lowest BCUT2D eigenvalue weighted by Crippen LogP contribution is -2.26. The molecule has 3 N–H and O–H groups in total. The van der Waals surface area contributed by atoms with Gasteiger partial charge in [-0.3, -0.25) is 14.4 Å². The lowest BCUT2D eigenvalue weighted by molar-refractivity contribution is -0.136. The molecule has 0 aromatic heterocycles. The van der Waals surface area contributed by atoms with Gasteiger partial charge in [0.15, 0.2) is 0 Å². The maximum atomic E-state index is 13.6. The molecule has 6 nitrogen and oxygen atoms in total. The number of aryl methyl sites for hydroxylation is 1. The van der Waals surface area contributed by atoms with Crippen molar-refractivity contribution < 1.29 is 19.5 Å². The highest BCUT2D eigenvalue weighted by Crippen LogP contribution is 2.33. The third-order valence-electron chi connectivity index (χ3n) is 7.79. The van der Waals surface area contributed by atoms with E-state index in [-0.39, 0.29) is 24.8 Å². The van der Waals surface area contributed by atoms with E-state index in [9.17, 15) is 14.4 Å². The van der Waals surface area contributed by atoms with Crippen LogP contribution in [0.25, 0.3) is 0 Å². The molecule has 0 aliphatic heterocycles. The van der Waals surface area contributed by atoms with Crippen molar-refractivity contribution in [2.45, 2.75) is 63.7 Å². The molecular weight excluding hydrogens is 487 g/mol. The molecular formula is C32H37BN2O4. The molecule has 1 saturated carbocycles. The van der Waals surface area contributed by atoms with Crippen LogP contribution in [0.15, 0.2) is 66.7 Å². The van der Waals surface area contributed by atoms with Gasteiger partial charge in [0, 0.05) is 17.8 Å². The maximum Gasteiger partial charge on any atom is 0.305 e. The smallest absolute Gasteiger partial charge is 0.305 e. The van der Waals surface area contributed by atoms with Crippen molar-refractivity contribution in [1.82, 2.24) is 5.32 Å². The number of carboxylic acids is 1. The predicted octanol–water partition coefficient (Wildman–Crippen LogP) is 4.47. The SMILES string of the molecule is Bc1cc(NC(=O)C(Cc2ccc(C(=O)NCCC(=O)O)cc2)c2ccc(C3CCCCC3)cc2)ccc1C.